The van der Waals surface area contributed by atoms with Gasteiger partial charge in [-0.1, -0.05) is 54.6 Å². The maximum Gasteiger partial charge on any atom is 0.168 e. The smallest absolute Gasteiger partial charge is 0.168 e. The highest BCUT2D eigenvalue weighted by atomic mass is 15.3. The van der Waals surface area contributed by atoms with Gasteiger partial charge in [0.1, 0.15) is 12.1 Å². The quantitative estimate of drug-likeness (QED) is 0.447. The van der Waals surface area contributed by atoms with E-state index in [9.17, 15) is 0 Å². The van der Waals surface area contributed by atoms with Crippen LogP contribution in [0.2, 0.25) is 0 Å². The number of aromatic nitrogens is 4. The number of anilines is 2. The molecule has 0 aliphatic carbocycles. The molecule has 2 heterocycles. The maximum atomic E-state index is 4.54. The fourth-order valence-electron chi connectivity index (χ4n) is 3.41. The summed E-state index contributed by atoms with van der Waals surface area (Å²) < 4.78 is 1.84. The Hall–Kier alpha value is -3.99. The summed E-state index contributed by atoms with van der Waals surface area (Å²) in [7, 11) is 0. The molecular weight excluding hydrogens is 358 g/mol. The van der Waals surface area contributed by atoms with Crippen LogP contribution in [0.4, 0.5) is 11.5 Å². The minimum absolute atomic E-state index is 0.737. The maximum absolute atomic E-state index is 4.54. The first kappa shape index (κ1) is 17.1. The van der Waals surface area contributed by atoms with Crippen LogP contribution in [-0.2, 0) is 0 Å². The van der Waals surface area contributed by atoms with Gasteiger partial charge in [-0.3, -0.25) is 0 Å². The lowest BCUT2D eigenvalue weighted by Gasteiger charge is -2.08. The zero-order chi connectivity index (χ0) is 19.6. The monoisotopic (exact) mass is 377 g/mol. The summed E-state index contributed by atoms with van der Waals surface area (Å²) >= 11 is 0. The SMILES string of the molecule is Cc1cccc(-n2ncc3c(Nc4ccc(-c5ccccc5)cc4)ncnc32)c1. The molecule has 0 bridgehead atoms. The molecular formula is C24H19N5. The molecule has 0 radical (unpaired) electrons. The molecule has 0 saturated heterocycles. The highest BCUT2D eigenvalue weighted by Crippen LogP contribution is 2.26. The van der Waals surface area contributed by atoms with Crippen molar-refractivity contribution in [2.45, 2.75) is 6.92 Å². The fourth-order valence-corrected chi connectivity index (χ4v) is 3.41. The topological polar surface area (TPSA) is 55.6 Å². The van der Waals surface area contributed by atoms with E-state index >= 15 is 0 Å². The molecule has 29 heavy (non-hydrogen) atoms. The largest absolute Gasteiger partial charge is 0.340 e. The van der Waals surface area contributed by atoms with Crippen molar-refractivity contribution < 1.29 is 0 Å². The minimum atomic E-state index is 0.737. The number of hydrogen-bond donors (Lipinski definition) is 1. The van der Waals surface area contributed by atoms with Crippen LogP contribution in [0.1, 0.15) is 5.56 Å². The third-order valence-electron chi connectivity index (χ3n) is 4.87. The first-order chi connectivity index (χ1) is 14.3. The zero-order valence-corrected chi connectivity index (χ0v) is 15.9. The average Bonchev–Trinajstić information content (AvgIpc) is 3.20. The van der Waals surface area contributed by atoms with Crippen molar-refractivity contribution in [3.63, 3.8) is 0 Å². The van der Waals surface area contributed by atoms with Crippen molar-refractivity contribution in [1.82, 2.24) is 19.7 Å². The van der Waals surface area contributed by atoms with Crippen LogP contribution in [0.3, 0.4) is 0 Å². The van der Waals surface area contributed by atoms with Crippen LogP contribution >= 0.6 is 0 Å². The summed E-state index contributed by atoms with van der Waals surface area (Å²) in [6.45, 7) is 2.07. The van der Waals surface area contributed by atoms with Gasteiger partial charge in [0, 0.05) is 5.69 Å². The van der Waals surface area contributed by atoms with E-state index in [-0.39, 0.29) is 0 Å². The van der Waals surface area contributed by atoms with Crippen molar-refractivity contribution in [3.05, 3.63) is 97.0 Å². The predicted octanol–water partition coefficient (Wildman–Crippen LogP) is 5.53. The first-order valence-corrected chi connectivity index (χ1v) is 9.46. The Labute approximate surface area is 168 Å². The molecule has 5 aromatic rings. The molecule has 0 atom stereocenters. The van der Waals surface area contributed by atoms with E-state index < -0.39 is 0 Å². The Kier molecular flexibility index (Phi) is 4.26. The molecule has 5 rings (SSSR count). The summed E-state index contributed by atoms with van der Waals surface area (Å²) in [6.07, 6.45) is 3.37. The van der Waals surface area contributed by atoms with E-state index in [4.69, 9.17) is 0 Å². The number of nitrogens with one attached hydrogen (secondary N) is 1. The Bertz CT molecular complexity index is 1270. The predicted molar refractivity (Wildman–Crippen MR) is 117 cm³/mol. The molecule has 0 amide bonds. The van der Waals surface area contributed by atoms with Crippen molar-refractivity contribution in [1.29, 1.82) is 0 Å². The minimum Gasteiger partial charge on any atom is -0.340 e. The van der Waals surface area contributed by atoms with Crippen LogP contribution in [0, 0.1) is 6.92 Å². The first-order valence-electron chi connectivity index (χ1n) is 9.46. The second-order valence-electron chi connectivity index (χ2n) is 6.92. The van der Waals surface area contributed by atoms with Crippen molar-refractivity contribution >= 4 is 22.5 Å². The van der Waals surface area contributed by atoms with Crippen LogP contribution < -0.4 is 5.32 Å². The standard InChI is InChI=1S/C24H19N5/c1-17-6-5-9-21(14-17)29-24-22(15-27-29)23(25-16-26-24)28-20-12-10-19(11-13-20)18-7-3-2-4-8-18/h2-16H,1H3,(H,25,26,28). The van der Waals surface area contributed by atoms with Gasteiger partial charge in [0.2, 0.25) is 0 Å². The lowest BCUT2D eigenvalue weighted by Crippen LogP contribution is -1.99. The van der Waals surface area contributed by atoms with Gasteiger partial charge in [0.15, 0.2) is 5.65 Å². The van der Waals surface area contributed by atoms with Crippen molar-refractivity contribution in [3.8, 4) is 16.8 Å². The summed E-state index contributed by atoms with van der Waals surface area (Å²) in [6, 6.07) is 26.9. The van der Waals surface area contributed by atoms with Gasteiger partial charge in [0.05, 0.1) is 17.3 Å². The third-order valence-corrected chi connectivity index (χ3v) is 4.87. The van der Waals surface area contributed by atoms with Gasteiger partial charge in [-0.2, -0.15) is 5.10 Å². The molecule has 0 aliphatic rings. The van der Waals surface area contributed by atoms with E-state index in [2.05, 4.69) is 75.8 Å². The second-order valence-corrected chi connectivity index (χ2v) is 6.92. The van der Waals surface area contributed by atoms with Crippen LogP contribution in [0.25, 0.3) is 27.8 Å². The Morgan fingerprint density at radius 1 is 0.793 bits per heavy atom. The molecule has 1 N–H and O–H groups in total. The number of hydrogen-bond acceptors (Lipinski definition) is 4. The normalized spacial score (nSPS) is 10.9. The van der Waals surface area contributed by atoms with Crippen molar-refractivity contribution in [2.24, 2.45) is 0 Å². The summed E-state index contributed by atoms with van der Waals surface area (Å²) in [5, 5.41) is 8.81. The average molecular weight is 377 g/mol. The van der Waals surface area contributed by atoms with Crippen LogP contribution in [-0.4, -0.2) is 19.7 Å². The summed E-state index contributed by atoms with van der Waals surface area (Å²) in [5.41, 5.74) is 6.27. The second kappa shape index (κ2) is 7.20. The van der Waals surface area contributed by atoms with E-state index in [1.807, 2.05) is 35.0 Å². The van der Waals surface area contributed by atoms with Gasteiger partial charge in [-0.15, -0.1) is 0 Å². The van der Waals surface area contributed by atoms with E-state index in [1.165, 1.54) is 16.7 Å². The molecule has 3 aromatic carbocycles. The Balaban J connectivity index is 1.47. The highest BCUT2D eigenvalue weighted by molar-refractivity contribution is 5.89. The number of rotatable bonds is 4. The number of benzene rings is 3. The highest BCUT2D eigenvalue weighted by Gasteiger charge is 2.11. The number of fused-ring (bicyclic) bond motifs is 1. The fraction of sp³-hybridized carbons (Fsp3) is 0.0417. The molecule has 0 aliphatic heterocycles. The zero-order valence-electron chi connectivity index (χ0n) is 15.9. The van der Waals surface area contributed by atoms with Crippen LogP contribution in [0.5, 0.6) is 0 Å². The van der Waals surface area contributed by atoms with Gasteiger partial charge in [-0.25, -0.2) is 14.6 Å². The van der Waals surface area contributed by atoms with Gasteiger partial charge in [0.25, 0.3) is 0 Å². The van der Waals surface area contributed by atoms with E-state index in [0.717, 1.165) is 28.2 Å². The number of aryl methyl sites for hydroxylation is 1. The molecule has 5 nitrogen and oxygen atoms in total. The van der Waals surface area contributed by atoms with Crippen molar-refractivity contribution in [2.75, 3.05) is 5.32 Å². The number of nitrogens with zero attached hydrogens (tertiary/aromatic N) is 4. The van der Waals surface area contributed by atoms with E-state index in [1.54, 1.807) is 12.5 Å². The molecule has 0 spiro atoms. The Morgan fingerprint density at radius 2 is 1.59 bits per heavy atom. The van der Waals surface area contributed by atoms with Gasteiger partial charge >= 0.3 is 0 Å². The van der Waals surface area contributed by atoms with Gasteiger partial charge < -0.3 is 5.32 Å². The lowest BCUT2D eigenvalue weighted by molar-refractivity contribution is 0.894. The summed E-state index contributed by atoms with van der Waals surface area (Å²) in [4.78, 5) is 8.88. The molecule has 140 valence electrons. The van der Waals surface area contributed by atoms with E-state index in [0.29, 0.717) is 0 Å². The summed E-state index contributed by atoms with van der Waals surface area (Å²) in [5.74, 6) is 0.737. The molecule has 0 unspecified atom stereocenters. The molecule has 5 heteroatoms. The van der Waals surface area contributed by atoms with Gasteiger partial charge in [-0.05, 0) is 47.9 Å². The van der Waals surface area contributed by atoms with Crippen LogP contribution in [0.15, 0.2) is 91.4 Å². The Morgan fingerprint density at radius 3 is 2.38 bits per heavy atom. The third kappa shape index (κ3) is 3.34. The lowest BCUT2D eigenvalue weighted by atomic mass is 10.1. The molecule has 0 saturated carbocycles. The molecule has 2 aromatic heterocycles. The molecule has 0 fully saturated rings.